The molecule has 2 aromatic carbocycles. The molecule has 0 radical (unpaired) electrons. The van der Waals surface area contributed by atoms with Gasteiger partial charge in [0.25, 0.3) is 0 Å². The number of aryl methyl sites for hydroxylation is 1. The third-order valence-electron chi connectivity index (χ3n) is 4.73. The second-order valence-corrected chi connectivity index (χ2v) is 8.54. The minimum absolute atomic E-state index is 0.794. The van der Waals surface area contributed by atoms with Crippen LogP contribution >= 0.6 is 23.4 Å². The van der Waals surface area contributed by atoms with Gasteiger partial charge >= 0.3 is 0 Å². The average Bonchev–Trinajstić information content (AvgIpc) is 2.67. The van der Waals surface area contributed by atoms with Gasteiger partial charge in [0.1, 0.15) is 0 Å². The molecule has 0 unspecified atom stereocenters. The molecule has 0 spiro atoms. The number of allylic oxidation sites excluding steroid dienone is 3. The number of nitrogens with two attached hydrogens (primary N) is 1. The van der Waals surface area contributed by atoms with E-state index in [2.05, 4.69) is 60.4 Å². The Morgan fingerprint density at radius 3 is 2.59 bits per heavy atom. The summed E-state index contributed by atoms with van der Waals surface area (Å²) in [5.74, 6) is 0.980. The number of rotatable bonds is 8. The second kappa shape index (κ2) is 10.0. The largest absolute Gasteiger partial charge is 0.402 e. The number of benzene rings is 2. The maximum atomic E-state index is 6.01. The summed E-state index contributed by atoms with van der Waals surface area (Å²) in [6.45, 7) is 4.17. The van der Waals surface area contributed by atoms with Crippen molar-refractivity contribution in [1.29, 1.82) is 0 Å². The van der Waals surface area contributed by atoms with E-state index in [1.54, 1.807) is 0 Å². The van der Waals surface area contributed by atoms with Crippen molar-refractivity contribution in [3.05, 3.63) is 88.1 Å². The Labute approximate surface area is 172 Å². The third-order valence-corrected chi connectivity index (χ3v) is 6.06. The first-order chi connectivity index (χ1) is 13.1. The number of thioether (sulfide) groups is 1. The van der Waals surface area contributed by atoms with Gasteiger partial charge in [0, 0.05) is 34.6 Å². The highest BCUT2D eigenvalue weighted by Crippen LogP contribution is 2.23. The highest BCUT2D eigenvalue weighted by atomic mass is 35.5. The maximum absolute atomic E-state index is 6.01. The molecular weight excluding hydrogens is 372 g/mol. The molecule has 0 saturated heterocycles. The van der Waals surface area contributed by atoms with E-state index >= 15 is 0 Å². The Hall–Kier alpha value is -1.68. The zero-order valence-electron chi connectivity index (χ0n) is 15.8. The van der Waals surface area contributed by atoms with E-state index in [1.165, 1.54) is 21.6 Å². The predicted molar refractivity (Wildman–Crippen MR) is 118 cm³/mol. The Morgan fingerprint density at radius 2 is 1.89 bits per heavy atom. The monoisotopic (exact) mass is 398 g/mol. The van der Waals surface area contributed by atoms with Crippen LogP contribution in [0.1, 0.15) is 24.0 Å². The first-order valence-electron chi connectivity index (χ1n) is 9.39. The van der Waals surface area contributed by atoms with Crippen LogP contribution in [0.3, 0.4) is 0 Å². The van der Waals surface area contributed by atoms with Gasteiger partial charge in [0.15, 0.2) is 0 Å². The van der Waals surface area contributed by atoms with Crippen LogP contribution in [-0.4, -0.2) is 23.9 Å². The van der Waals surface area contributed by atoms with Gasteiger partial charge < -0.3 is 5.73 Å². The minimum atomic E-state index is 0.794. The first-order valence-corrected chi connectivity index (χ1v) is 10.8. The molecule has 0 aliphatic heterocycles. The van der Waals surface area contributed by atoms with Gasteiger partial charge in [-0.1, -0.05) is 53.1 Å². The van der Waals surface area contributed by atoms with Crippen LogP contribution in [0.15, 0.2) is 76.8 Å². The van der Waals surface area contributed by atoms with Crippen LogP contribution in [0.2, 0.25) is 5.02 Å². The van der Waals surface area contributed by atoms with Gasteiger partial charge in [-0.05, 0) is 62.1 Å². The van der Waals surface area contributed by atoms with Crippen molar-refractivity contribution >= 4 is 23.4 Å². The Kier molecular flexibility index (Phi) is 7.45. The number of hydrogen-bond donors (Lipinski definition) is 1. The smallest absolute Gasteiger partial charge is 0.0495 e. The van der Waals surface area contributed by atoms with Crippen LogP contribution < -0.4 is 5.73 Å². The third kappa shape index (κ3) is 6.76. The molecule has 0 heterocycles. The lowest BCUT2D eigenvalue weighted by Gasteiger charge is -2.24. The van der Waals surface area contributed by atoms with E-state index < -0.39 is 0 Å². The summed E-state index contributed by atoms with van der Waals surface area (Å²) in [7, 11) is 0. The van der Waals surface area contributed by atoms with Crippen molar-refractivity contribution in [1.82, 2.24) is 4.90 Å². The van der Waals surface area contributed by atoms with Crippen molar-refractivity contribution in [3.8, 4) is 0 Å². The standard InChI is InChI=1S/C23H27ClN2S/c1-18-3-2-4-23(15-18)27-17-26(16-20-7-11-22(25)12-8-20)14-13-19-5-9-21(24)10-6-19/h2-7,9-11,15H,8,12-14,16-17,25H2,1H3. The maximum Gasteiger partial charge on any atom is 0.0495 e. The van der Waals surface area contributed by atoms with E-state index in [-0.39, 0.29) is 0 Å². The lowest BCUT2D eigenvalue weighted by molar-refractivity contribution is 0.348. The quantitative estimate of drug-likeness (QED) is 0.449. The van der Waals surface area contributed by atoms with Crippen molar-refractivity contribution in [2.45, 2.75) is 31.1 Å². The zero-order valence-corrected chi connectivity index (χ0v) is 17.4. The van der Waals surface area contributed by atoms with Gasteiger partial charge in [-0.25, -0.2) is 0 Å². The van der Waals surface area contributed by atoms with Crippen LogP contribution in [0.5, 0.6) is 0 Å². The summed E-state index contributed by atoms with van der Waals surface area (Å²) in [5.41, 5.74) is 11.0. The lowest BCUT2D eigenvalue weighted by Crippen LogP contribution is -2.28. The van der Waals surface area contributed by atoms with Crippen LogP contribution in [-0.2, 0) is 6.42 Å². The average molecular weight is 399 g/mol. The predicted octanol–water partition coefficient (Wildman–Crippen LogP) is 5.81. The fourth-order valence-electron chi connectivity index (χ4n) is 3.11. The van der Waals surface area contributed by atoms with E-state index in [9.17, 15) is 0 Å². The molecule has 0 atom stereocenters. The summed E-state index contributed by atoms with van der Waals surface area (Å²) >= 11 is 7.92. The number of halogens is 1. The summed E-state index contributed by atoms with van der Waals surface area (Å²) in [4.78, 5) is 3.86. The van der Waals surface area contributed by atoms with E-state index in [0.717, 1.165) is 48.9 Å². The molecule has 0 saturated carbocycles. The van der Waals surface area contributed by atoms with Gasteiger partial charge in [0.2, 0.25) is 0 Å². The van der Waals surface area contributed by atoms with Crippen molar-refractivity contribution in [3.63, 3.8) is 0 Å². The van der Waals surface area contributed by atoms with Crippen LogP contribution in [0, 0.1) is 6.92 Å². The van der Waals surface area contributed by atoms with Gasteiger partial charge in [-0.2, -0.15) is 0 Å². The molecule has 0 bridgehead atoms. The molecule has 2 aromatic rings. The molecule has 2 nitrogen and oxygen atoms in total. The Bertz CT molecular complexity index is 811. The fourth-order valence-corrected chi connectivity index (χ4v) is 4.24. The fraction of sp³-hybridized carbons (Fsp3) is 0.304. The summed E-state index contributed by atoms with van der Waals surface area (Å²) < 4.78 is 0. The van der Waals surface area contributed by atoms with Crippen LogP contribution in [0.25, 0.3) is 0 Å². The summed E-state index contributed by atoms with van der Waals surface area (Å²) in [6.07, 6.45) is 7.32. The highest BCUT2D eigenvalue weighted by Gasteiger charge is 2.11. The first kappa shape index (κ1) is 20.1. The Morgan fingerprint density at radius 1 is 1.07 bits per heavy atom. The summed E-state index contributed by atoms with van der Waals surface area (Å²) in [6, 6.07) is 16.9. The molecular formula is C23H27ClN2S. The van der Waals surface area contributed by atoms with E-state index in [1.807, 2.05) is 23.9 Å². The minimum Gasteiger partial charge on any atom is -0.402 e. The molecule has 2 N–H and O–H groups in total. The van der Waals surface area contributed by atoms with Crippen LogP contribution in [0.4, 0.5) is 0 Å². The SMILES string of the molecule is Cc1cccc(SCN(CCc2ccc(Cl)cc2)CC2=CC=C(N)CC2)c1. The Balaban J connectivity index is 1.62. The summed E-state index contributed by atoms with van der Waals surface area (Å²) in [5, 5.41) is 0.794. The molecule has 142 valence electrons. The second-order valence-electron chi connectivity index (χ2n) is 7.09. The topological polar surface area (TPSA) is 29.3 Å². The molecule has 1 aliphatic carbocycles. The van der Waals surface area contributed by atoms with Gasteiger partial charge in [-0.15, -0.1) is 11.8 Å². The molecule has 0 fully saturated rings. The van der Waals surface area contributed by atoms with E-state index in [0.29, 0.717) is 0 Å². The zero-order chi connectivity index (χ0) is 19.1. The van der Waals surface area contributed by atoms with Gasteiger partial charge in [0.05, 0.1) is 0 Å². The normalized spacial score (nSPS) is 14.2. The van der Waals surface area contributed by atoms with Crippen molar-refractivity contribution in [2.24, 2.45) is 5.73 Å². The molecule has 3 rings (SSSR count). The highest BCUT2D eigenvalue weighted by molar-refractivity contribution is 7.99. The van der Waals surface area contributed by atoms with Crippen molar-refractivity contribution < 1.29 is 0 Å². The molecule has 1 aliphatic rings. The molecule has 27 heavy (non-hydrogen) atoms. The van der Waals surface area contributed by atoms with E-state index in [4.69, 9.17) is 17.3 Å². The molecule has 0 aromatic heterocycles. The number of hydrogen-bond acceptors (Lipinski definition) is 3. The number of nitrogens with zero attached hydrogens (tertiary/aromatic N) is 1. The molecule has 4 heteroatoms. The lowest BCUT2D eigenvalue weighted by atomic mass is 10.0. The van der Waals surface area contributed by atoms with Gasteiger partial charge in [-0.3, -0.25) is 4.90 Å². The van der Waals surface area contributed by atoms with Crippen molar-refractivity contribution in [2.75, 3.05) is 19.0 Å². The molecule has 0 amide bonds.